The molecule has 2 heterocycles. The molecule has 0 aliphatic heterocycles. The number of aromatic nitrogens is 2. The van der Waals surface area contributed by atoms with E-state index < -0.39 is 5.97 Å². The van der Waals surface area contributed by atoms with Crippen molar-refractivity contribution in [3.05, 3.63) is 56.4 Å². The first-order valence-corrected chi connectivity index (χ1v) is 9.39. The zero-order chi connectivity index (χ0) is 18.7. The van der Waals surface area contributed by atoms with Crippen molar-refractivity contribution in [2.45, 2.75) is 26.3 Å². The Hall–Kier alpha value is -2.38. The highest BCUT2D eigenvalue weighted by atomic mass is 35.5. The van der Waals surface area contributed by atoms with Gasteiger partial charge in [0, 0.05) is 23.4 Å². The number of fused-ring (bicyclic) bond motifs is 1. The van der Waals surface area contributed by atoms with Gasteiger partial charge in [0.05, 0.1) is 17.6 Å². The highest BCUT2D eigenvalue weighted by molar-refractivity contribution is 7.17. The Morgan fingerprint density at radius 2 is 2.08 bits per heavy atom. The summed E-state index contributed by atoms with van der Waals surface area (Å²) in [6.45, 7) is 2.75. The van der Waals surface area contributed by atoms with Crippen LogP contribution in [0, 0.1) is 0 Å². The fourth-order valence-electron chi connectivity index (χ4n) is 2.67. The van der Waals surface area contributed by atoms with Crippen molar-refractivity contribution in [3.8, 4) is 5.75 Å². The molecule has 3 aromatic rings. The highest BCUT2D eigenvalue weighted by Gasteiger charge is 2.18. The monoisotopic (exact) mass is 392 g/mol. The van der Waals surface area contributed by atoms with Crippen molar-refractivity contribution in [1.82, 2.24) is 9.55 Å². The predicted molar refractivity (Wildman–Crippen MR) is 102 cm³/mol. The van der Waals surface area contributed by atoms with Crippen LogP contribution in [0.15, 0.2) is 34.4 Å². The van der Waals surface area contributed by atoms with Gasteiger partial charge in [0.15, 0.2) is 0 Å². The first-order chi connectivity index (χ1) is 12.5. The molecule has 0 radical (unpaired) electrons. The molecule has 0 saturated carbocycles. The SMILES string of the molecule is CCc1nc2scc(C(=O)O)c2c(=O)n1CCCOc1ccc(Cl)cc1. The van der Waals surface area contributed by atoms with Gasteiger partial charge >= 0.3 is 5.97 Å². The van der Waals surface area contributed by atoms with Crippen molar-refractivity contribution in [3.63, 3.8) is 0 Å². The molecule has 26 heavy (non-hydrogen) atoms. The van der Waals surface area contributed by atoms with Gasteiger partial charge in [0.2, 0.25) is 0 Å². The number of benzene rings is 1. The van der Waals surface area contributed by atoms with Gasteiger partial charge in [0.1, 0.15) is 16.4 Å². The number of carboxylic acid groups (broad SMARTS) is 1. The summed E-state index contributed by atoms with van der Waals surface area (Å²) in [6, 6.07) is 7.06. The lowest BCUT2D eigenvalue weighted by Crippen LogP contribution is -2.26. The molecule has 0 atom stereocenters. The fourth-order valence-corrected chi connectivity index (χ4v) is 3.72. The smallest absolute Gasteiger partial charge is 0.337 e. The third-order valence-electron chi connectivity index (χ3n) is 3.93. The molecule has 2 aromatic heterocycles. The minimum Gasteiger partial charge on any atom is -0.494 e. The number of halogens is 1. The standard InChI is InChI=1S/C18H17ClN2O4S/c1-2-14-20-16-15(13(10-26-16)18(23)24)17(22)21(14)8-3-9-25-12-6-4-11(19)5-7-12/h4-7,10H,2-3,8-9H2,1H3,(H,23,24). The molecule has 0 bridgehead atoms. The van der Waals surface area contributed by atoms with Crippen LogP contribution in [0.2, 0.25) is 5.02 Å². The van der Waals surface area contributed by atoms with E-state index in [1.807, 2.05) is 6.92 Å². The van der Waals surface area contributed by atoms with Crippen LogP contribution in [-0.2, 0) is 13.0 Å². The summed E-state index contributed by atoms with van der Waals surface area (Å²) in [4.78, 5) is 29.1. The minimum absolute atomic E-state index is 0.0105. The molecular formula is C18H17ClN2O4S. The summed E-state index contributed by atoms with van der Waals surface area (Å²) in [5, 5.41) is 11.6. The summed E-state index contributed by atoms with van der Waals surface area (Å²) in [6.07, 6.45) is 1.18. The topological polar surface area (TPSA) is 81.4 Å². The molecule has 6 nitrogen and oxygen atoms in total. The fraction of sp³-hybridized carbons (Fsp3) is 0.278. The van der Waals surface area contributed by atoms with Crippen LogP contribution >= 0.6 is 22.9 Å². The van der Waals surface area contributed by atoms with E-state index in [0.29, 0.717) is 47.4 Å². The highest BCUT2D eigenvalue weighted by Crippen LogP contribution is 2.22. The quantitative estimate of drug-likeness (QED) is 0.618. The molecule has 8 heteroatoms. The maximum absolute atomic E-state index is 12.8. The number of carboxylic acids is 1. The number of nitrogens with zero attached hydrogens (tertiary/aromatic N) is 2. The zero-order valence-electron chi connectivity index (χ0n) is 14.1. The van der Waals surface area contributed by atoms with Gasteiger partial charge in [-0.25, -0.2) is 9.78 Å². The Morgan fingerprint density at radius 1 is 1.35 bits per heavy atom. The lowest BCUT2D eigenvalue weighted by Gasteiger charge is -2.12. The molecule has 0 unspecified atom stereocenters. The van der Waals surface area contributed by atoms with Gasteiger partial charge in [-0.3, -0.25) is 9.36 Å². The Kier molecular flexibility index (Phi) is 5.58. The van der Waals surface area contributed by atoms with E-state index in [0.717, 1.165) is 0 Å². The number of aryl methyl sites for hydroxylation is 1. The van der Waals surface area contributed by atoms with E-state index in [1.165, 1.54) is 16.7 Å². The van der Waals surface area contributed by atoms with Crippen LogP contribution in [0.25, 0.3) is 10.2 Å². The number of carbonyl (C=O) groups is 1. The average molecular weight is 393 g/mol. The maximum Gasteiger partial charge on any atom is 0.337 e. The zero-order valence-corrected chi connectivity index (χ0v) is 15.6. The summed E-state index contributed by atoms with van der Waals surface area (Å²) in [5.74, 6) is 0.238. The molecule has 0 aliphatic rings. The summed E-state index contributed by atoms with van der Waals surface area (Å²) < 4.78 is 7.19. The normalized spacial score (nSPS) is 11.0. The molecule has 1 aromatic carbocycles. The number of hydrogen-bond acceptors (Lipinski definition) is 5. The van der Waals surface area contributed by atoms with Crippen molar-refractivity contribution in [2.24, 2.45) is 0 Å². The van der Waals surface area contributed by atoms with Gasteiger partial charge in [-0.15, -0.1) is 11.3 Å². The van der Waals surface area contributed by atoms with Crippen LogP contribution in [0.1, 0.15) is 29.5 Å². The maximum atomic E-state index is 12.8. The van der Waals surface area contributed by atoms with Gasteiger partial charge in [-0.05, 0) is 30.7 Å². The predicted octanol–water partition coefficient (Wildman–Crippen LogP) is 3.84. The van der Waals surface area contributed by atoms with Gasteiger partial charge in [-0.2, -0.15) is 0 Å². The molecule has 0 saturated heterocycles. The summed E-state index contributed by atoms with van der Waals surface area (Å²) in [5.41, 5.74) is -0.298. The molecule has 0 spiro atoms. The van der Waals surface area contributed by atoms with E-state index in [-0.39, 0.29) is 16.5 Å². The summed E-state index contributed by atoms with van der Waals surface area (Å²) in [7, 11) is 0. The molecule has 136 valence electrons. The van der Waals surface area contributed by atoms with Gasteiger partial charge < -0.3 is 9.84 Å². The molecule has 0 fully saturated rings. The van der Waals surface area contributed by atoms with Gasteiger partial charge in [0.25, 0.3) is 5.56 Å². The number of hydrogen-bond donors (Lipinski definition) is 1. The second-order valence-corrected chi connectivity index (χ2v) is 6.92. The third kappa shape index (κ3) is 3.73. The van der Waals surface area contributed by atoms with Crippen LogP contribution in [0.5, 0.6) is 5.75 Å². The van der Waals surface area contributed by atoms with E-state index >= 15 is 0 Å². The lowest BCUT2D eigenvalue weighted by atomic mass is 10.2. The Bertz CT molecular complexity index is 995. The Labute approximate surface area is 158 Å². The average Bonchev–Trinajstić information content (AvgIpc) is 3.06. The van der Waals surface area contributed by atoms with Crippen LogP contribution in [-0.4, -0.2) is 27.2 Å². The van der Waals surface area contributed by atoms with Crippen molar-refractivity contribution >= 4 is 39.1 Å². The molecule has 0 amide bonds. The third-order valence-corrected chi connectivity index (χ3v) is 5.05. The molecular weight excluding hydrogens is 376 g/mol. The molecule has 1 N–H and O–H groups in total. The largest absolute Gasteiger partial charge is 0.494 e. The first kappa shape index (κ1) is 18.4. The van der Waals surface area contributed by atoms with Crippen LogP contribution in [0.4, 0.5) is 0 Å². The van der Waals surface area contributed by atoms with E-state index in [2.05, 4.69) is 4.98 Å². The van der Waals surface area contributed by atoms with E-state index in [4.69, 9.17) is 16.3 Å². The minimum atomic E-state index is -1.11. The van der Waals surface area contributed by atoms with Crippen molar-refractivity contribution < 1.29 is 14.6 Å². The lowest BCUT2D eigenvalue weighted by molar-refractivity contribution is 0.0699. The van der Waals surface area contributed by atoms with Crippen molar-refractivity contribution in [1.29, 1.82) is 0 Å². The molecule has 3 rings (SSSR count). The number of rotatable bonds is 7. The van der Waals surface area contributed by atoms with Gasteiger partial charge in [-0.1, -0.05) is 18.5 Å². The second kappa shape index (κ2) is 7.88. The number of aromatic carboxylic acids is 1. The first-order valence-electron chi connectivity index (χ1n) is 8.13. The Balaban J connectivity index is 1.79. The Morgan fingerprint density at radius 3 is 2.73 bits per heavy atom. The van der Waals surface area contributed by atoms with Crippen molar-refractivity contribution in [2.75, 3.05) is 6.61 Å². The molecule has 0 aliphatic carbocycles. The van der Waals surface area contributed by atoms with E-state index in [1.54, 1.807) is 28.8 Å². The summed E-state index contributed by atoms with van der Waals surface area (Å²) >= 11 is 7.02. The number of ether oxygens (including phenoxy) is 1. The number of thiophene rings is 1. The van der Waals surface area contributed by atoms with E-state index in [9.17, 15) is 14.7 Å². The van der Waals surface area contributed by atoms with Crippen LogP contribution in [0.3, 0.4) is 0 Å². The van der Waals surface area contributed by atoms with Crippen LogP contribution < -0.4 is 10.3 Å². The second-order valence-electron chi connectivity index (χ2n) is 5.63.